The lowest BCUT2D eigenvalue weighted by Gasteiger charge is -2.07. The molecule has 5 heteroatoms. The molecule has 0 aliphatic carbocycles. The van der Waals surface area contributed by atoms with Crippen LogP contribution in [0.1, 0.15) is 5.69 Å². The first-order chi connectivity index (χ1) is 11.1. The number of aryl methyl sites for hydroxylation is 1. The fourth-order valence-electron chi connectivity index (χ4n) is 2.30. The number of hydrogen-bond acceptors (Lipinski definition) is 2. The highest BCUT2D eigenvalue weighted by atomic mass is 35.5. The zero-order valence-corrected chi connectivity index (χ0v) is 13.4. The minimum Gasteiger partial charge on any atom is -0.324 e. The number of nitrogens with zero attached hydrogens (tertiary/aromatic N) is 2. The molecule has 0 aliphatic rings. The van der Waals surface area contributed by atoms with Crippen LogP contribution < -0.4 is 5.32 Å². The minimum absolute atomic E-state index is 0.133. The normalized spacial score (nSPS) is 10.5. The summed E-state index contributed by atoms with van der Waals surface area (Å²) in [6.45, 7) is 1.94. The van der Waals surface area contributed by atoms with E-state index in [0.29, 0.717) is 10.7 Å². The molecule has 0 bridgehead atoms. The van der Waals surface area contributed by atoms with Crippen molar-refractivity contribution >= 4 is 23.2 Å². The SMILES string of the molecule is Cc1nn(CC(=O)Nc2ccc(-c3ccccc3)cc2)cc1Cl. The summed E-state index contributed by atoms with van der Waals surface area (Å²) in [4.78, 5) is 12.0. The fourth-order valence-corrected chi connectivity index (χ4v) is 2.45. The summed E-state index contributed by atoms with van der Waals surface area (Å²) in [5.41, 5.74) is 3.72. The van der Waals surface area contributed by atoms with E-state index in [2.05, 4.69) is 22.5 Å². The van der Waals surface area contributed by atoms with Gasteiger partial charge < -0.3 is 5.32 Å². The third kappa shape index (κ3) is 3.79. The molecule has 1 N–H and O–H groups in total. The number of rotatable bonds is 4. The molecule has 0 spiro atoms. The molecule has 4 nitrogen and oxygen atoms in total. The zero-order valence-electron chi connectivity index (χ0n) is 12.7. The van der Waals surface area contributed by atoms with Gasteiger partial charge in [-0.25, -0.2) is 0 Å². The lowest BCUT2D eigenvalue weighted by molar-refractivity contribution is -0.116. The van der Waals surface area contributed by atoms with Crippen LogP contribution in [0.4, 0.5) is 5.69 Å². The highest BCUT2D eigenvalue weighted by molar-refractivity contribution is 6.31. The van der Waals surface area contributed by atoms with Gasteiger partial charge in [0.15, 0.2) is 0 Å². The first-order valence-electron chi connectivity index (χ1n) is 7.27. The second-order valence-corrected chi connectivity index (χ2v) is 5.66. The molecule has 0 unspecified atom stereocenters. The number of carbonyl (C=O) groups excluding carboxylic acids is 1. The van der Waals surface area contributed by atoms with Crippen molar-refractivity contribution in [3.05, 3.63) is 71.5 Å². The number of nitrogens with one attached hydrogen (secondary N) is 1. The average molecular weight is 326 g/mol. The van der Waals surface area contributed by atoms with Crippen molar-refractivity contribution in [3.8, 4) is 11.1 Å². The van der Waals surface area contributed by atoms with Crippen LogP contribution in [0, 0.1) is 6.92 Å². The number of halogens is 1. The van der Waals surface area contributed by atoms with Crippen LogP contribution in [-0.2, 0) is 11.3 Å². The molecule has 2 aromatic carbocycles. The Labute approximate surface area is 139 Å². The van der Waals surface area contributed by atoms with Gasteiger partial charge >= 0.3 is 0 Å². The smallest absolute Gasteiger partial charge is 0.246 e. The molecular formula is C18H16ClN3O. The van der Waals surface area contributed by atoms with Crippen LogP contribution >= 0.6 is 11.6 Å². The molecule has 0 saturated carbocycles. The molecule has 23 heavy (non-hydrogen) atoms. The predicted octanol–water partition coefficient (Wildman–Crippen LogP) is 4.15. The predicted molar refractivity (Wildman–Crippen MR) is 92.5 cm³/mol. The van der Waals surface area contributed by atoms with Crippen molar-refractivity contribution in [3.63, 3.8) is 0 Å². The standard InChI is InChI=1S/C18H16ClN3O/c1-13-17(19)11-22(21-13)12-18(23)20-16-9-7-15(8-10-16)14-5-3-2-4-6-14/h2-11H,12H2,1H3,(H,20,23). The zero-order chi connectivity index (χ0) is 16.2. The highest BCUT2D eigenvalue weighted by Crippen LogP contribution is 2.21. The third-order valence-electron chi connectivity index (χ3n) is 3.47. The Bertz CT molecular complexity index is 791. The fraction of sp³-hybridized carbons (Fsp3) is 0.111. The van der Waals surface area contributed by atoms with E-state index >= 15 is 0 Å². The van der Waals surface area contributed by atoms with Gasteiger partial charge in [0.05, 0.1) is 10.7 Å². The molecule has 0 atom stereocenters. The van der Waals surface area contributed by atoms with Gasteiger partial charge in [0.25, 0.3) is 0 Å². The topological polar surface area (TPSA) is 46.9 Å². The minimum atomic E-state index is -0.142. The van der Waals surface area contributed by atoms with E-state index in [1.54, 1.807) is 13.1 Å². The maximum absolute atomic E-state index is 12.0. The van der Waals surface area contributed by atoms with Gasteiger partial charge in [-0.2, -0.15) is 5.10 Å². The van der Waals surface area contributed by atoms with E-state index in [1.807, 2.05) is 42.5 Å². The van der Waals surface area contributed by atoms with Crippen LogP contribution in [0.25, 0.3) is 11.1 Å². The number of benzene rings is 2. The highest BCUT2D eigenvalue weighted by Gasteiger charge is 2.07. The molecule has 0 aliphatic heterocycles. The Hall–Kier alpha value is -2.59. The van der Waals surface area contributed by atoms with Gasteiger partial charge in [-0.15, -0.1) is 0 Å². The summed E-state index contributed by atoms with van der Waals surface area (Å²) in [6, 6.07) is 17.9. The molecule has 0 radical (unpaired) electrons. The van der Waals surface area contributed by atoms with Crippen molar-refractivity contribution in [1.29, 1.82) is 0 Å². The average Bonchev–Trinajstić information content (AvgIpc) is 2.86. The molecule has 0 saturated heterocycles. The molecule has 1 heterocycles. The Balaban J connectivity index is 1.65. The van der Waals surface area contributed by atoms with E-state index < -0.39 is 0 Å². The maximum atomic E-state index is 12.0. The van der Waals surface area contributed by atoms with Gasteiger partial charge in [-0.3, -0.25) is 9.48 Å². The molecule has 1 amide bonds. The van der Waals surface area contributed by atoms with Gasteiger partial charge in [-0.05, 0) is 30.2 Å². The first kappa shape index (κ1) is 15.3. The summed E-state index contributed by atoms with van der Waals surface area (Å²) in [5.74, 6) is -0.142. The maximum Gasteiger partial charge on any atom is 0.246 e. The number of aromatic nitrogens is 2. The van der Waals surface area contributed by atoms with E-state index in [4.69, 9.17) is 11.6 Å². The Morgan fingerprint density at radius 3 is 2.35 bits per heavy atom. The van der Waals surface area contributed by atoms with Crippen molar-refractivity contribution in [2.75, 3.05) is 5.32 Å². The number of anilines is 1. The largest absolute Gasteiger partial charge is 0.324 e. The number of amides is 1. The Morgan fingerprint density at radius 1 is 1.09 bits per heavy atom. The second kappa shape index (κ2) is 6.67. The van der Waals surface area contributed by atoms with Gasteiger partial charge in [0, 0.05) is 11.9 Å². The van der Waals surface area contributed by atoms with Crippen molar-refractivity contribution in [2.24, 2.45) is 0 Å². The third-order valence-corrected chi connectivity index (χ3v) is 3.84. The van der Waals surface area contributed by atoms with Crippen LogP contribution in [0.15, 0.2) is 60.8 Å². The monoisotopic (exact) mass is 325 g/mol. The quantitative estimate of drug-likeness (QED) is 0.783. The molecular weight excluding hydrogens is 310 g/mol. The summed E-state index contributed by atoms with van der Waals surface area (Å²) >= 11 is 5.93. The van der Waals surface area contributed by atoms with E-state index in [-0.39, 0.29) is 12.5 Å². The van der Waals surface area contributed by atoms with Crippen LogP contribution in [-0.4, -0.2) is 15.7 Å². The van der Waals surface area contributed by atoms with Crippen molar-refractivity contribution in [2.45, 2.75) is 13.5 Å². The van der Waals surface area contributed by atoms with E-state index in [0.717, 1.165) is 16.8 Å². The first-order valence-corrected chi connectivity index (χ1v) is 7.64. The summed E-state index contributed by atoms with van der Waals surface area (Å²) in [6.07, 6.45) is 1.65. The van der Waals surface area contributed by atoms with Gasteiger partial charge in [0.2, 0.25) is 5.91 Å². The lowest BCUT2D eigenvalue weighted by atomic mass is 10.1. The molecule has 1 aromatic heterocycles. The van der Waals surface area contributed by atoms with Gasteiger partial charge in [-0.1, -0.05) is 54.1 Å². The Morgan fingerprint density at radius 2 is 1.74 bits per heavy atom. The van der Waals surface area contributed by atoms with Crippen molar-refractivity contribution < 1.29 is 4.79 Å². The summed E-state index contributed by atoms with van der Waals surface area (Å²) in [5, 5.41) is 7.58. The van der Waals surface area contributed by atoms with Crippen LogP contribution in [0.5, 0.6) is 0 Å². The Kier molecular flexibility index (Phi) is 4.44. The van der Waals surface area contributed by atoms with Gasteiger partial charge in [0.1, 0.15) is 6.54 Å². The lowest BCUT2D eigenvalue weighted by Crippen LogP contribution is -2.19. The van der Waals surface area contributed by atoms with Crippen LogP contribution in [0.3, 0.4) is 0 Å². The van der Waals surface area contributed by atoms with Crippen LogP contribution in [0.2, 0.25) is 5.02 Å². The molecule has 3 rings (SSSR count). The number of hydrogen-bond donors (Lipinski definition) is 1. The molecule has 116 valence electrons. The molecule has 0 fully saturated rings. The summed E-state index contributed by atoms with van der Waals surface area (Å²) in [7, 11) is 0. The second-order valence-electron chi connectivity index (χ2n) is 5.25. The van der Waals surface area contributed by atoms with E-state index in [9.17, 15) is 4.79 Å². The number of carbonyl (C=O) groups is 1. The van der Waals surface area contributed by atoms with E-state index in [1.165, 1.54) is 4.68 Å². The van der Waals surface area contributed by atoms with Crippen molar-refractivity contribution in [1.82, 2.24) is 9.78 Å². The summed E-state index contributed by atoms with van der Waals surface area (Å²) < 4.78 is 1.53. The molecule has 3 aromatic rings.